The quantitative estimate of drug-likeness (QED) is 0.898. The predicted molar refractivity (Wildman–Crippen MR) is 72.2 cm³/mol. The third-order valence-electron chi connectivity index (χ3n) is 3.46. The van der Waals surface area contributed by atoms with Crippen LogP contribution in [0.4, 0.5) is 4.39 Å². The Morgan fingerprint density at radius 1 is 1.21 bits per heavy atom. The van der Waals surface area contributed by atoms with Gasteiger partial charge in [-0.25, -0.2) is 14.4 Å². The number of benzene rings is 1. The minimum atomic E-state index is -0.235. The monoisotopic (exact) mass is 257 g/mol. The van der Waals surface area contributed by atoms with E-state index in [0.717, 1.165) is 42.9 Å². The molecule has 98 valence electrons. The lowest BCUT2D eigenvalue weighted by molar-refractivity contribution is 0.618. The SMILES string of the molecule is CCc1nc(-c2ccc(F)cc2)nc2c1CNCC2. The molecule has 2 heterocycles. The van der Waals surface area contributed by atoms with Gasteiger partial charge in [0.15, 0.2) is 5.82 Å². The summed E-state index contributed by atoms with van der Waals surface area (Å²) in [6, 6.07) is 6.37. The van der Waals surface area contributed by atoms with Crippen LogP contribution >= 0.6 is 0 Å². The van der Waals surface area contributed by atoms with Crippen molar-refractivity contribution in [1.82, 2.24) is 15.3 Å². The molecule has 0 bridgehead atoms. The fourth-order valence-corrected chi connectivity index (χ4v) is 2.43. The molecule has 0 saturated heterocycles. The zero-order valence-corrected chi connectivity index (χ0v) is 10.9. The minimum absolute atomic E-state index is 0.235. The van der Waals surface area contributed by atoms with E-state index in [1.165, 1.54) is 17.7 Å². The first-order valence-electron chi connectivity index (χ1n) is 6.63. The first kappa shape index (κ1) is 12.2. The Hall–Kier alpha value is -1.81. The van der Waals surface area contributed by atoms with Crippen molar-refractivity contribution in [1.29, 1.82) is 0 Å². The van der Waals surface area contributed by atoms with Gasteiger partial charge < -0.3 is 5.32 Å². The summed E-state index contributed by atoms with van der Waals surface area (Å²) in [4.78, 5) is 9.28. The van der Waals surface area contributed by atoms with Crippen LogP contribution in [-0.4, -0.2) is 16.5 Å². The highest BCUT2D eigenvalue weighted by Crippen LogP contribution is 2.22. The number of rotatable bonds is 2. The van der Waals surface area contributed by atoms with E-state index in [1.54, 1.807) is 12.1 Å². The van der Waals surface area contributed by atoms with Crippen LogP contribution in [0.2, 0.25) is 0 Å². The van der Waals surface area contributed by atoms with Crippen LogP contribution < -0.4 is 5.32 Å². The Morgan fingerprint density at radius 2 is 2.00 bits per heavy atom. The number of aromatic nitrogens is 2. The predicted octanol–water partition coefficient (Wildman–Crippen LogP) is 2.49. The third kappa shape index (κ3) is 2.36. The molecule has 1 aliphatic rings. The van der Waals surface area contributed by atoms with Gasteiger partial charge in [0, 0.05) is 36.3 Å². The van der Waals surface area contributed by atoms with Crippen LogP contribution in [0.5, 0.6) is 0 Å². The van der Waals surface area contributed by atoms with E-state index in [9.17, 15) is 4.39 Å². The first-order valence-corrected chi connectivity index (χ1v) is 6.63. The number of hydrogen-bond donors (Lipinski definition) is 1. The van der Waals surface area contributed by atoms with E-state index in [-0.39, 0.29) is 5.82 Å². The Morgan fingerprint density at radius 3 is 2.74 bits per heavy atom. The van der Waals surface area contributed by atoms with Crippen molar-refractivity contribution in [3.63, 3.8) is 0 Å². The van der Waals surface area contributed by atoms with Gasteiger partial charge in [-0.15, -0.1) is 0 Å². The molecule has 1 aromatic carbocycles. The summed E-state index contributed by atoms with van der Waals surface area (Å²) >= 11 is 0. The molecule has 0 amide bonds. The lowest BCUT2D eigenvalue weighted by atomic mass is 10.0. The fourth-order valence-electron chi connectivity index (χ4n) is 2.43. The van der Waals surface area contributed by atoms with Crippen LogP contribution in [0.3, 0.4) is 0 Å². The van der Waals surface area contributed by atoms with Gasteiger partial charge in [-0.2, -0.15) is 0 Å². The summed E-state index contributed by atoms with van der Waals surface area (Å²) in [5.74, 6) is 0.471. The summed E-state index contributed by atoms with van der Waals surface area (Å²) in [5, 5.41) is 3.35. The zero-order chi connectivity index (χ0) is 13.2. The van der Waals surface area contributed by atoms with Crippen molar-refractivity contribution in [2.75, 3.05) is 6.54 Å². The van der Waals surface area contributed by atoms with Crippen LogP contribution in [0.25, 0.3) is 11.4 Å². The van der Waals surface area contributed by atoms with Gasteiger partial charge in [0.2, 0.25) is 0 Å². The molecule has 3 nitrogen and oxygen atoms in total. The van der Waals surface area contributed by atoms with Gasteiger partial charge in [-0.3, -0.25) is 0 Å². The molecular formula is C15H16FN3. The van der Waals surface area contributed by atoms with Crippen LogP contribution in [-0.2, 0) is 19.4 Å². The largest absolute Gasteiger partial charge is 0.312 e. The maximum atomic E-state index is 13.0. The Balaban J connectivity index is 2.09. The van der Waals surface area contributed by atoms with Gasteiger partial charge in [-0.05, 0) is 30.7 Å². The van der Waals surface area contributed by atoms with Crippen molar-refractivity contribution >= 4 is 0 Å². The maximum Gasteiger partial charge on any atom is 0.159 e. The van der Waals surface area contributed by atoms with Crippen molar-refractivity contribution in [2.24, 2.45) is 0 Å². The van der Waals surface area contributed by atoms with Gasteiger partial charge in [0.1, 0.15) is 5.82 Å². The molecule has 0 atom stereocenters. The number of nitrogens with zero attached hydrogens (tertiary/aromatic N) is 2. The molecule has 0 saturated carbocycles. The molecule has 0 unspecified atom stereocenters. The standard InChI is InChI=1S/C15H16FN3/c1-2-13-12-9-17-8-7-14(12)19-15(18-13)10-3-5-11(16)6-4-10/h3-6,17H,2,7-9H2,1H3. The van der Waals surface area contributed by atoms with E-state index in [1.807, 2.05) is 0 Å². The van der Waals surface area contributed by atoms with Crippen LogP contribution in [0.15, 0.2) is 24.3 Å². The lowest BCUT2D eigenvalue weighted by Gasteiger charge is -2.19. The van der Waals surface area contributed by atoms with Gasteiger partial charge in [0.25, 0.3) is 0 Å². The Kier molecular flexibility index (Phi) is 3.25. The van der Waals surface area contributed by atoms with E-state index in [0.29, 0.717) is 5.82 Å². The highest BCUT2D eigenvalue weighted by Gasteiger charge is 2.17. The normalized spacial score (nSPS) is 14.2. The Bertz CT molecular complexity index is 576. The molecule has 0 fully saturated rings. The van der Waals surface area contributed by atoms with E-state index >= 15 is 0 Å². The van der Waals surface area contributed by atoms with Gasteiger partial charge in [-0.1, -0.05) is 6.92 Å². The fraction of sp³-hybridized carbons (Fsp3) is 0.333. The second-order valence-electron chi connectivity index (χ2n) is 4.71. The van der Waals surface area contributed by atoms with Gasteiger partial charge >= 0.3 is 0 Å². The summed E-state index contributed by atoms with van der Waals surface area (Å²) in [6.07, 6.45) is 1.82. The van der Waals surface area contributed by atoms with Crippen molar-refractivity contribution in [3.05, 3.63) is 47.0 Å². The molecule has 4 heteroatoms. The molecule has 0 aliphatic carbocycles. The zero-order valence-electron chi connectivity index (χ0n) is 10.9. The highest BCUT2D eigenvalue weighted by molar-refractivity contribution is 5.55. The average Bonchev–Trinajstić information content (AvgIpc) is 2.47. The highest BCUT2D eigenvalue weighted by atomic mass is 19.1. The number of aryl methyl sites for hydroxylation is 1. The number of fused-ring (bicyclic) bond motifs is 1. The third-order valence-corrected chi connectivity index (χ3v) is 3.46. The van der Waals surface area contributed by atoms with E-state index in [2.05, 4.69) is 22.2 Å². The van der Waals surface area contributed by atoms with Crippen LogP contribution in [0, 0.1) is 5.82 Å². The summed E-state index contributed by atoms with van der Waals surface area (Å²) in [6.45, 7) is 3.91. The summed E-state index contributed by atoms with van der Waals surface area (Å²) in [5.41, 5.74) is 4.33. The molecule has 3 rings (SSSR count). The van der Waals surface area contributed by atoms with Gasteiger partial charge in [0.05, 0.1) is 5.69 Å². The second kappa shape index (κ2) is 5.05. The van der Waals surface area contributed by atoms with E-state index in [4.69, 9.17) is 0 Å². The summed E-state index contributed by atoms with van der Waals surface area (Å²) in [7, 11) is 0. The Labute approximate surface area is 111 Å². The molecule has 0 radical (unpaired) electrons. The number of hydrogen-bond acceptors (Lipinski definition) is 3. The van der Waals surface area contributed by atoms with Crippen molar-refractivity contribution in [3.8, 4) is 11.4 Å². The molecule has 0 spiro atoms. The minimum Gasteiger partial charge on any atom is -0.312 e. The topological polar surface area (TPSA) is 37.8 Å². The summed E-state index contributed by atoms with van der Waals surface area (Å²) < 4.78 is 13.0. The smallest absolute Gasteiger partial charge is 0.159 e. The number of nitrogens with one attached hydrogen (secondary N) is 1. The van der Waals surface area contributed by atoms with Crippen molar-refractivity contribution < 1.29 is 4.39 Å². The molecule has 1 N–H and O–H groups in total. The molecule has 19 heavy (non-hydrogen) atoms. The molecule has 1 aliphatic heterocycles. The lowest BCUT2D eigenvalue weighted by Crippen LogP contribution is -2.26. The molecule has 1 aromatic heterocycles. The molecule has 2 aromatic rings. The first-order chi connectivity index (χ1) is 9.28. The molecular weight excluding hydrogens is 241 g/mol. The second-order valence-corrected chi connectivity index (χ2v) is 4.71. The number of halogens is 1. The van der Waals surface area contributed by atoms with Crippen molar-refractivity contribution in [2.45, 2.75) is 26.3 Å². The average molecular weight is 257 g/mol. The van der Waals surface area contributed by atoms with Crippen LogP contribution in [0.1, 0.15) is 23.9 Å². The van der Waals surface area contributed by atoms with E-state index < -0.39 is 0 Å². The maximum absolute atomic E-state index is 13.0.